The van der Waals surface area contributed by atoms with Gasteiger partial charge in [-0.25, -0.2) is 4.98 Å². The number of H-pyrrole nitrogens is 2. The van der Waals surface area contributed by atoms with Gasteiger partial charge in [-0.05, 0) is 6.92 Å². The highest BCUT2D eigenvalue weighted by atomic mass is 15.2. The van der Waals surface area contributed by atoms with E-state index < -0.39 is 0 Å². The smallest absolute Gasteiger partial charge is 0.173 e. The van der Waals surface area contributed by atoms with E-state index in [1.54, 1.807) is 6.20 Å². The van der Waals surface area contributed by atoms with Gasteiger partial charge in [0.2, 0.25) is 0 Å². The third kappa shape index (κ3) is 1.18. The highest BCUT2D eigenvalue weighted by Crippen LogP contribution is 2.07. The Hall–Kier alpha value is -1.36. The van der Waals surface area contributed by atoms with Crippen LogP contribution in [0.5, 0.6) is 0 Å². The number of aromatic nitrogens is 4. The first-order chi connectivity index (χ1) is 5.75. The molecule has 2 heterocycles. The number of nitrogens with two attached hydrogens (primary N) is 1. The third-order valence-corrected chi connectivity index (χ3v) is 1.66. The van der Waals surface area contributed by atoms with Crippen molar-refractivity contribution in [2.24, 2.45) is 5.73 Å². The zero-order chi connectivity index (χ0) is 8.55. The summed E-state index contributed by atoms with van der Waals surface area (Å²) in [5.74, 6) is 0.911. The lowest BCUT2D eigenvalue weighted by atomic mass is 10.2. The van der Waals surface area contributed by atoms with Gasteiger partial charge < -0.3 is 10.7 Å². The summed E-state index contributed by atoms with van der Waals surface area (Å²) in [4.78, 5) is 7.38. The highest BCUT2D eigenvalue weighted by molar-refractivity contribution is 5.69. The zero-order valence-corrected chi connectivity index (χ0v) is 6.83. The lowest BCUT2D eigenvalue weighted by molar-refractivity contribution is 0.711. The molecule has 64 valence electrons. The molecule has 12 heavy (non-hydrogen) atoms. The number of nitrogens with one attached hydrogen (secondary N) is 2. The fourth-order valence-electron chi connectivity index (χ4n) is 1.18. The number of aromatic amines is 2. The molecule has 0 spiro atoms. The van der Waals surface area contributed by atoms with Gasteiger partial charge in [-0.1, -0.05) is 0 Å². The predicted octanol–water partition coefficient (Wildman–Crippen LogP) is 0.176. The number of rotatable bonds is 2. The predicted molar refractivity (Wildman–Crippen MR) is 45.6 cm³/mol. The molecule has 0 bridgehead atoms. The van der Waals surface area contributed by atoms with Crippen LogP contribution >= 0.6 is 0 Å². The first-order valence-corrected chi connectivity index (χ1v) is 3.89. The van der Waals surface area contributed by atoms with Crippen LogP contribution in [-0.4, -0.2) is 26.2 Å². The van der Waals surface area contributed by atoms with Gasteiger partial charge in [0.25, 0.3) is 0 Å². The first-order valence-electron chi connectivity index (χ1n) is 3.89. The highest BCUT2D eigenvalue weighted by Gasteiger charge is 2.05. The molecule has 5 nitrogen and oxygen atoms in total. The standard InChI is InChI=1S/C7H11N5/c1-4(8)2-6-10-5-3-9-12-7(5)11-6/h3-4H,2,8H2,1H3,(H2,9,10,11,12). The number of fused-ring (bicyclic) bond motifs is 1. The van der Waals surface area contributed by atoms with Crippen LogP contribution in [-0.2, 0) is 6.42 Å². The summed E-state index contributed by atoms with van der Waals surface area (Å²) in [5.41, 5.74) is 7.36. The van der Waals surface area contributed by atoms with Crippen molar-refractivity contribution in [1.29, 1.82) is 0 Å². The number of hydrogen-bond donors (Lipinski definition) is 3. The van der Waals surface area contributed by atoms with Gasteiger partial charge in [0, 0.05) is 12.5 Å². The van der Waals surface area contributed by atoms with E-state index in [1.165, 1.54) is 0 Å². The van der Waals surface area contributed by atoms with Gasteiger partial charge in [-0.2, -0.15) is 5.10 Å². The second-order valence-electron chi connectivity index (χ2n) is 3.00. The van der Waals surface area contributed by atoms with Gasteiger partial charge in [-0.3, -0.25) is 5.10 Å². The Balaban J connectivity index is 2.32. The summed E-state index contributed by atoms with van der Waals surface area (Å²) in [6.07, 6.45) is 2.48. The van der Waals surface area contributed by atoms with Crippen LogP contribution in [0.4, 0.5) is 0 Å². The first kappa shape index (κ1) is 7.30. The number of hydrogen-bond acceptors (Lipinski definition) is 3. The lowest BCUT2D eigenvalue weighted by Gasteiger charge is -1.98. The zero-order valence-electron chi connectivity index (χ0n) is 6.83. The maximum absolute atomic E-state index is 5.63. The minimum atomic E-state index is 0.133. The van der Waals surface area contributed by atoms with Crippen molar-refractivity contribution in [3.63, 3.8) is 0 Å². The molecule has 1 unspecified atom stereocenters. The molecular weight excluding hydrogens is 154 g/mol. The van der Waals surface area contributed by atoms with Crippen LogP contribution in [0.25, 0.3) is 11.2 Å². The topological polar surface area (TPSA) is 83.4 Å². The molecule has 0 saturated carbocycles. The summed E-state index contributed by atoms with van der Waals surface area (Å²) in [6.45, 7) is 1.95. The maximum atomic E-state index is 5.63. The molecule has 0 aromatic carbocycles. The Bertz CT molecular complexity index is 343. The van der Waals surface area contributed by atoms with Crippen molar-refractivity contribution >= 4 is 11.2 Å². The SMILES string of the molecule is CC(N)Cc1nc2[nH]ncc2[nH]1. The van der Waals surface area contributed by atoms with Crippen molar-refractivity contribution in [3.8, 4) is 0 Å². The van der Waals surface area contributed by atoms with Crippen LogP contribution in [0.3, 0.4) is 0 Å². The summed E-state index contributed by atoms with van der Waals surface area (Å²) in [7, 11) is 0. The van der Waals surface area contributed by atoms with E-state index in [-0.39, 0.29) is 6.04 Å². The minimum absolute atomic E-state index is 0.133. The normalized spacial score (nSPS) is 13.8. The molecule has 2 aromatic rings. The minimum Gasteiger partial charge on any atom is -0.339 e. The summed E-state index contributed by atoms with van der Waals surface area (Å²) in [6, 6.07) is 0.133. The van der Waals surface area contributed by atoms with Crippen molar-refractivity contribution in [3.05, 3.63) is 12.0 Å². The quantitative estimate of drug-likeness (QED) is 0.593. The molecular formula is C7H11N5. The fourth-order valence-corrected chi connectivity index (χ4v) is 1.18. The van der Waals surface area contributed by atoms with Crippen molar-refractivity contribution < 1.29 is 0 Å². The van der Waals surface area contributed by atoms with Gasteiger partial charge >= 0.3 is 0 Å². The van der Waals surface area contributed by atoms with Gasteiger partial charge in [0.15, 0.2) is 5.65 Å². The van der Waals surface area contributed by atoms with E-state index in [1.807, 2.05) is 6.92 Å². The van der Waals surface area contributed by atoms with Crippen molar-refractivity contribution in [2.45, 2.75) is 19.4 Å². The molecule has 1 atom stereocenters. The van der Waals surface area contributed by atoms with Crippen LogP contribution in [0.2, 0.25) is 0 Å². The second kappa shape index (κ2) is 2.60. The Morgan fingerprint density at radius 2 is 2.50 bits per heavy atom. The largest absolute Gasteiger partial charge is 0.339 e. The molecule has 0 aliphatic carbocycles. The monoisotopic (exact) mass is 165 g/mol. The van der Waals surface area contributed by atoms with Gasteiger partial charge in [0.05, 0.1) is 6.20 Å². The number of nitrogens with zero attached hydrogens (tertiary/aromatic N) is 2. The molecule has 0 saturated heterocycles. The Morgan fingerprint density at radius 3 is 3.17 bits per heavy atom. The van der Waals surface area contributed by atoms with Crippen LogP contribution in [0, 0.1) is 0 Å². The van der Waals surface area contributed by atoms with Crippen LogP contribution < -0.4 is 5.73 Å². The molecule has 0 aliphatic heterocycles. The molecule has 0 fully saturated rings. The van der Waals surface area contributed by atoms with E-state index in [2.05, 4.69) is 20.2 Å². The Kier molecular flexibility index (Phi) is 1.58. The van der Waals surface area contributed by atoms with E-state index in [0.717, 1.165) is 23.4 Å². The summed E-state index contributed by atoms with van der Waals surface area (Å²) in [5, 5.41) is 6.61. The van der Waals surface area contributed by atoms with Crippen molar-refractivity contribution in [2.75, 3.05) is 0 Å². The maximum Gasteiger partial charge on any atom is 0.173 e. The van der Waals surface area contributed by atoms with E-state index in [9.17, 15) is 0 Å². The average molecular weight is 165 g/mol. The van der Waals surface area contributed by atoms with Gasteiger partial charge in [0.1, 0.15) is 11.3 Å². The Morgan fingerprint density at radius 1 is 1.67 bits per heavy atom. The summed E-state index contributed by atoms with van der Waals surface area (Å²) < 4.78 is 0. The third-order valence-electron chi connectivity index (χ3n) is 1.66. The van der Waals surface area contributed by atoms with E-state index >= 15 is 0 Å². The van der Waals surface area contributed by atoms with Crippen LogP contribution in [0.1, 0.15) is 12.7 Å². The molecule has 4 N–H and O–H groups in total. The second-order valence-corrected chi connectivity index (χ2v) is 3.00. The lowest BCUT2D eigenvalue weighted by Crippen LogP contribution is -2.18. The number of imidazole rings is 1. The average Bonchev–Trinajstić information content (AvgIpc) is 2.43. The molecule has 0 aliphatic rings. The van der Waals surface area contributed by atoms with Crippen LogP contribution in [0.15, 0.2) is 6.20 Å². The fraction of sp³-hybridized carbons (Fsp3) is 0.429. The molecule has 2 rings (SSSR count). The van der Waals surface area contributed by atoms with E-state index in [0.29, 0.717) is 0 Å². The molecule has 5 heteroatoms. The Labute approximate surface area is 69.4 Å². The van der Waals surface area contributed by atoms with E-state index in [4.69, 9.17) is 5.73 Å². The summed E-state index contributed by atoms with van der Waals surface area (Å²) >= 11 is 0. The molecule has 2 aromatic heterocycles. The molecule has 0 amide bonds. The van der Waals surface area contributed by atoms with Crippen molar-refractivity contribution in [1.82, 2.24) is 20.2 Å². The molecule has 0 radical (unpaired) electrons. The van der Waals surface area contributed by atoms with Gasteiger partial charge in [-0.15, -0.1) is 0 Å².